The summed E-state index contributed by atoms with van der Waals surface area (Å²) in [7, 11) is 1.61. The van der Waals surface area contributed by atoms with Gasteiger partial charge in [0.25, 0.3) is 5.91 Å². The fourth-order valence-corrected chi connectivity index (χ4v) is 3.55. The maximum atomic E-state index is 13.2. The lowest BCUT2D eigenvalue weighted by atomic mass is 10.0. The van der Waals surface area contributed by atoms with E-state index in [4.69, 9.17) is 14.2 Å². The van der Waals surface area contributed by atoms with E-state index in [1.54, 1.807) is 30.2 Å². The van der Waals surface area contributed by atoms with Crippen molar-refractivity contribution in [3.8, 4) is 17.2 Å². The van der Waals surface area contributed by atoms with Gasteiger partial charge in [0.15, 0.2) is 11.5 Å². The summed E-state index contributed by atoms with van der Waals surface area (Å²) in [6, 6.07) is 12.6. The molecule has 1 fully saturated rings. The normalized spacial score (nSPS) is 18.8. The minimum atomic E-state index is -0.561. The number of benzene rings is 2. The molecule has 28 heavy (non-hydrogen) atoms. The Morgan fingerprint density at radius 1 is 1.11 bits per heavy atom. The topological polar surface area (TPSA) is 68.2 Å². The monoisotopic (exact) mass is 385 g/mol. The summed E-state index contributed by atoms with van der Waals surface area (Å²) >= 11 is 0. The van der Waals surface area contributed by atoms with E-state index in [2.05, 4.69) is 0 Å². The second-order valence-corrected chi connectivity index (χ2v) is 6.67. The molecule has 1 aliphatic heterocycles. The number of hydrogen-bond acceptors (Lipinski definition) is 5. The number of aliphatic hydroxyl groups is 1. The van der Waals surface area contributed by atoms with Crippen molar-refractivity contribution in [2.24, 2.45) is 0 Å². The quantitative estimate of drug-likeness (QED) is 0.791. The van der Waals surface area contributed by atoms with Crippen molar-refractivity contribution in [1.29, 1.82) is 0 Å². The highest BCUT2D eigenvalue weighted by Gasteiger charge is 2.36. The van der Waals surface area contributed by atoms with Gasteiger partial charge in [-0.3, -0.25) is 4.79 Å². The molecule has 2 aromatic carbocycles. The summed E-state index contributed by atoms with van der Waals surface area (Å²) in [5, 5.41) is 10.2. The van der Waals surface area contributed by atoms with E-state index in [0.717, 1.165) is 11.3 Å². The lowest BCUT2D eigenvalue weighted by Gasteiger charge is -2.25. The fourth-order valence-electron chi connectivity index (χ4n) is 3.55. The summed E-state index contributed by atoms with van der Waals surface area (Å²) in [4.78, 5) is 15.0. The number of β-amino-alcohol motifs (C(OH)–C–C–N with tert-alkyl or cyclic N) is 1. The number of carbonyl (C=O) groups is 1. The average molecular weight is 385 g/mol. The number of aliphatic hydroxyl groups excluding tert-OH is 1. The van der Waals surface area contributed by atoms with Gasteiger partial charge in [-0.15, -0.1) is 0 Å². The first-order chi connectivity index (χ1) is 13.6. The molecule has 0 spiro atoms. The molecule has 150 valence electrons. The molecular weight excluding hydrogens is 358 g/mol. The first-order valence-corrected chi connectivity index (χ1v) is 9.60. The minimum Gasteiger partial charge on any atom is -0.497 e. The molecule has 0 radical (unpaired) electrons. The lowest BCUT2D eigenvalue weighted by molar-refractivity contribution is 0.0715. The van der Waals surface area contributed by atoms with Crippen LogP contribution in [0.1, 0.15) is 42.2 Å². The molecule has 1 N–H and O–H groups in total. The summed E-state index contributed by atoms with van der Waals surface area (Å²) in [5.74, 6) is 1.75. The number of likely N-dealkylation sites (tertiary alicyclic amines) is 1. The Kier molecular flexibility index (Phi) is 6.41. The SMILES string of the molecule is CCOc1ccc(C(=O)N2C[C@H](O)C[C@@H]2c2cccc(OC)c2)cc1OCC. The highest BCUT2D eigenvalue weighted by molar-refractivity contribution is 5.95. The van der Waals surface area contributed by atoms with E-state index >= 15 is 0 Å². The fraction of sp³-hybridized carbons (Fsp3) is 0.409. The molecule has 1 saturated heterocycles. The van der Waals surface area contributed by atoms with Crippen LogP contribution in [0.25, 0.3) is 0 Å². The van der Waals surface area contributed by atoms with Gasteiger partial charge in [0.2, 0.25) is 0 Å². The number of rotatable bonds is 7. The van der Waals surface area contributed by atoms with Gasteiger partial charge in [-0.1, -0.05) is 12.1 Å². The van der Waals surface area contributed by atoms with Crippen LogP contribution in [0.15, 0.2) is 42.5 Å². The van der Waals surface area contributed by atoms with E-state index in [0.29, 0.717) is 36.7 Å². The predicted octanol–water partition coefficient (Wildman–Crippen LogP) is 3.44. The molecule has 2 aromatic rings. The van der Waals surface area contributed by atoms with E-state index < -0.39 is 6.10 Å². The van der Waals surface area contributed by atoms with Gasteiger partial charge in [-0.25, -0.2) is 0 Å². The van der Waals surface area contributed by atoms with Crippen LogP contribution >= 0.6 is 0 Å². The molecular formula is C22H27NO5. The predicted molar refractivity (Wildman–Crippen MR) is 106 cm³/mol. The zero-order valence-electron chi connectivity index (χ0n) is 16.6. The number of amides is 1. The second kappa shape index (κ2) is 8.97. The highest BCUT2D eigenvalue weighted by Crippen LogP contribution is 2.36. The van der Waals surface area contributed by atoms with Gasteiger partial charge in [0, 0.05) is 12.1 Å². The van der Waals surface area contributed by atoms with Crippen LogP contribution in [-0.4, -0.2) is 48.9 Å². The van der Waals surface area contributed by atoms with Gasteiger partial charge in [0.1, 0.15) is 5.75 Å². The molecule has 2 atom stereocenters. The Bertz CT molecular complexity index is 822. The van der Waals surface area contributed by atoms with E-state index in [1.165, 1.54) is 0 Å². The Hall–Kier alpha value is -2.73. The molecule has 6 heteroatoms. The Morgan fingerprint density at radius 3 is 2.57 bits per heavy atom. The van der Waals surface area contributed by atoms with Crippen molar-refractivity contribution in [2.45, 2.75) is 32.4 Å². The molecule has 1 aliphatic rings. The highest BCUT2D eigenvalue weighted by atomic mass is 16.5. The van der Waals surface area contributed by atoms with Crippen molar-refractivity contribution < 1.29 is 24.1 Å². The van der Waals surface area contributed by atoms with E-state index in [1.807, 2.05) is 38.1 Å². The second-order valence-electron chi connectivity index (χ2n) is 6.67. The number of hydrogen-bond donors (Lipinski definition) is 1. The first-order valence-electron chi connectivity index (χ1n) is 9.60. The lowest BCUT2D eigenvalue weighted by Crippen LogP contribution is -2.31. The molecule has 3 rings (SSSR count). The number of carbonyl (C=O) groups excluding carboxylic acids is 1. The Balaban J connectivity index is 1.90. The maximum absolute atomic E-state index is 13.2. The largest absolute Gasteiger partial charge is 0.497 e. The van der Waals surface area contributed by atoms with Gasteiger partial charge in [-0.05, 0) is 56.2 Å². The van der Waals surface area contributed by atoms with Crippen molar-refractivity contribution in [2.75, 3.05) is 26.9 Å². The van der Waals surface area contributed by atoms with Crippen LogP contribution in [0.4, 0.5) is 0 Å². The summed E-state index contributed by atoms with van der Waals surface area (Å²) in [6.07, 6.45) is -0.0666. The van der Waals surface area contributed by atoms with Crippen LogP contribution < -0.4 is 14.2 Å². The average Bonchev–Trinajstić information content (AvgIpc) is 3.11. The third-order valence-corrected chi connectivity index (χ3v) is 4.81. The molecule has 0 saturated carbocycles. The van der Waals surface area contributed by atoms with Crippen LogP contribution in [0, 0.1) is 0 Å². The Labute approximate surface area is 165 Å². The molecule has 0 aromatic heterocycles. The van der Waals surface area contributed by atoms with E-state index in [9.17, 15) is 9.90 Å². The minimum absolute atomic E-state index is 0.145. The van der Waals surface area contributed by atoms with Gasteiger partial charge in [-0.2, -0.15) is 0 Å². The molecule has 0 bridgehead atoms. The van der Waals surface area contributed by atoms with Crippen LogP contribution in [0.5, 0.6) is 17.2 Å². The summed E-state index contributed by atoms with van der Waals surface area (Å²) < 4.78 is 16.5. The van der Waals surface area contributed by atoms with Crippen LogP contribution in [-0.2, 0) is 0 Å². The Morgan fingerprint density at radius 2 is 1.86 bits per heavy atom. The maximum Gasteiger partial charge on any atom is 0.254 e. The molecule has 0 aliphatic carbocycles. The van der Waals surface area contributed by atoms with Crippen molar-refractivity contribution >= 4 is 5.91 Å². The van der Waals surface area contributed by atoms with E-state index in [-0.39, 0.29) is 18.5 Å². The number of nitrogens with zero attached hydrogens (tertiary/aromatic N) is 1. The summed E-state index contributed by atoms with van der Waals surface area (Å²) in [5.41, 5.74) is 1.45. The first kappa shape index (κ1) is 20.0. The molecule has 0 unspecified atom stereocenters. The van der Waals surface area contributed by atoms with Crippen molar-refractivity contribution in [3.05, 3.63) is 53.6 Å². The molecule has 1 amide bonds. The number of methoxy groups -OCH3 is 1. The van der Waals surface area contributed by atoms with Gasteiger partial charge >= 0.3 is 0 Å². The van der Waals surface area contributed by atoms with Crippen LogP contribution in [0.3, 0.4) is 0 Å². The van der Waals surface area contributed by atoms with Crippen molar-refractivity contribution in [3.63, 3.8) is 0 Å². The third kappa shape index (κ3) is 4.22. The standard InChI is InChI=1S/C22H27NO5/c1-4-27-20-10-9-16(12-21(20)28-5-2)22(25)23-14-17(24)13-19(23)15-7-6-8-18(11-15)26-3/h6-12,17,19,24H,4-5,13-14H2,1-3H3/t17-,19-/m1/s1. The van der Waals surface area contributed by atoms with Gasteiger partial charge in [0.05, 0.1) is 32.5 Å². The van der Waals surface area contributed by atoms with Crippen LogP contribution in [0.2, 0.25) is 0 Å². The smallest absolute Gasteiger partial charge is 0.254 e. The third-order valence-electron chi connectivity index (χ3n) is 4.81. The molecule has 6 nitrogen and oxygen atoms in total. The summed E-state index contributed by atoms with van der Waals surface area (Å²) in [6.45, 7) is 5.08. The zero-order chi connectivity index (χ0) is 20.1. The molecule has 1 heterocycles. The van der Waals surface area contributed by atoms with Gasteiger partial charge < -0.3 is 24.2 Å². The zero-order valence-corrected chi connectivity index (χ0v) is 16.6. The van der Waals surface area contributed by atoms with Crippen molar-refractivity contribution in [1.82, 2.24) is 4.90 Å². The number of ether oxygens (including phenoxy) is 3.